The van der Waals surface area contributed by atoms with E-state index in [-0.39, 0.29) is 52.1 Å². The number of amides is 1. The highest BCUT2D eigenvalue weighted by molar-refractivity contribution is 7.90. The summed E-state index contributed by atoms with van der Waals surface area (Å²) in [6.45, 7) is 2.06. The topological polar surface area (TPSA) is 125 Å². The fourth-order valence-corrected chi connectivity index (χ4v) is 4.24. The van der Waals surface area contributed by atoms with E-state index in [1.807, 2.05) is 0 Å². The Bertz CT molecular complexity index is 940. The van der Waals surface area contributed by atoms with E-state index < -0.39 is 9.84 Å². The molecule has 0 bridgehead atoms. The first-order chi connectivity index (χ1) is 12.8. The predicted molar refractivity (Wildman–Crippen MR) is 105 cm³/mol. The van der Waals surface area contributed by atoms with E-state index in [2.05, 4.69) is 10.5 Å². The Morgan fingerprint density at radius 2 is 2.11 bits per heavy atom. The minimum absolute atomic E-state index is 0. The molecule has 28 heavy (non-hydrogen) atoms. The van der Waals surface area contributed by atoms with Crippen LogP contribution in [0, 0.1) is 12.8 Å². The van der Waals surface area contributed by atoms with Crippen LogP contribution in [0.2, 0.25) is 0 Å². The maximum absolute atomic E-state index is 12.8. The monoisotopic (exact) mass is 429 g/mol. The van der Waals surface area contributed by atoms with Crippen LogP contribution in [-0.4, -0.2) is 39.2 Å². The molecule has 0 radical (unpaired) electrons. The van der Waals surface area contributed by atoms with Crippen molar-refractivity contribution in [3.63, 3.8) is 0 Å². The van der Waals surface area contributed by atoms with Gasteiger partial charge in [0.1, 0.15) is 16.4 Å². The predicted octanol–water partition coefficient (Wildman–Crippen LogP) is 1.85. The summed E-state index contributed by atoms with van der Waals surface area (Å²) in [6.07, 6.45) is 2.17. The van der Waals surface area contributed by atoms with Crippen molar-refractivity contribution in [2.24, 2.45) is 11.7 Å². The van der Waals surface area contributed by atoms with E-state index in [1.165, 1.54) is 25.3 Å². The number of sulfone groups is 1. The average Bonchev–Trinajstić information content (AvgIpc) is 3.42. The first-order valence-electron chi connectivity index (χ1n) is 8.67. The van der Waals surface area contributed by atoms with E-state index in [4.69, 9.17) is 15.0 Å². The van der Waals surface area contributed by atoms with Gasteiger partial charge in [-0.15, -0.1) is 12.4 Å². The zero-order valence-electron chi connectivity index (χ0n) is 15.7. The van der Waals surface area contributed by atoms with Crippen LogP contribution in [0.15, 0.2) is 33.7 Å². The fraction of sp³-hybridized carbons (Fsp3) is 0.444. The molecule has 1 aromatic carbocycles. The second kappa shape index (κ2) is 8.93. The van der Waals surface area contributed by atoms with Gasteiger partial charge in [-0.25, -0.2) is 8.42 Å². The molecule has 1 amide bonds. The van der Waals surface area contributed by atoms with Gasteiger partial charge in [-0.1, -0.05) is 5.16 Å². The lowest BCUT2D eigenvalue weighted by Crippen LogP contribution is -2.38. The number of methoxy groups -OCH3 is 1. The van der Waals surface area contributed by atoms with Crippen molar-refractivity contribution < 1.29 is 22.5 Å². The third-order valence-corrected chi connectivity index (χ3v) is 6.15. The number of carbonyl (C=O) groups excluding carboxylic acids is 1. The summed E-state index contributed by atoms with van der Waals surface area (Å²) in [5, 5.41) is 6.46. The van der Waals surface area contributed by atoms with Crippen LogP contribution in [0.1, 0.15) is 34.7 Å². The van der Waals surface area contributed by atoms with E-state index in [0.717, 1.165) is 12.8 Å². The summed E-state index contributed by atoms with van der Waals surface area (Å²) in [5.41, 5.74) is 6.81. The number of nitrogens with one attached hydrogen (secondary N) is 1. The third kappa shape index (κ3) is 5.24. The molecule has 1 saturated carbocycles. The van der Waals surface area contributed by atoms with Gasteiger partial charge in [-0.05, 0) is 43.9 Å². The number of ether oxygens (including phenoxy) is 1. The zero-order valence-corrected chi connectivity index (χ0v) is 17.3. The van der Waals surface area contributed by atoms with Gasteiger partial charge >= 0.3 is 0 Å². The molecule has 2 aromatic rings. The van der Waals surface area contributed by atoms with E-state index in [9.17, 15) is 13.2 Å². The molecule has 0 spiro atoms. The molecule has 1 aromatic heterocycles. The molecule has 1 heterocycles. The van der Waals surface area contributed by atoms with Crippen LogP contribution < -0.4 is 15.8 Å². The Labute approximate surface area is 170 Å². The number of benzene rings is 1. The minimum atomic E-state index is -3.80. The standard InChI is InChI=1S/C18H23N3O5S.ClH/c1-11-7-14(26-21-11)10-27(23,24)17-8-13(5-6-16(17)25-2)18(22)20-9-15(19)12-3-4-12;/h5-8,12,15H,3-4,9-10,19H2,1-2H3,(H,20,22);1H. The first-order valence-corrected chi connectivity index (χ1v) is 10.3. The highest BCUT2D eigenvalue weighted by atomic mass is 35.5. The van der Waals surface area contributed by atoms with Gasteiger partial charge in [0.15, 0.2) is 15.6 Å². The lowest BCUT2D eigenvalue weighted by atomic mass is 10.1. The van der Waals surface area contributed by atoms with Gasteiger partial charge in [0.2, 0.25) is 0 Å². The molecule has 10 heteroatoms. The molecular weight excluding hydrogens is 406 g/mol. The normalized spacial score (nSPS) is 14.8. The number of carbonyl (C=O) groups is 1. The Hall–Kier alpha value is -2.10. The Kier molecular flexibility index (Phi) is 7.08. The highest BCUT2D eigenvalue weighted by Gasteiger charge is 2.29. The van der Waals surface area contributed by atoms with Crippen molar-refractivity contribution >= 4 is 28.2 Å². The molecule has 8 nitrogen and oxygen atoms in total. The second-order valence-corrected chi connectivity index (χ2v) is 8.73. The molecule has 154 valence electrons. The number of aromatic nitrogens is 1. The summed E-state index contributed by atoms with van der Waals surface area (Å²) >= 11 is 0. The molecule has 3 rings (SSSR count). The van der Waals surface area contributed by atoms with E-state index >= 15 is 0 Å². The maximum atomic E-state index is 12.8. The first kappa shape index (κ1) is 22.2. The maximum Gasteiger partial charge on any atom is 0.251 e. The SMILES string of the molecule is COc1ccc(C(=O)NCC(N)C2CC2)cc1S(=O)(=O)Cc1cc(C)no1.Cl. The van der Waals surface area contributed by atoms with Crippen LogP contribution in [-0.2, 0) is 15.6 Å². The van der Waals surface area contributed by atoms with E-state index in [0.29, 0.717) is 18.2 Å². The summed E-state index contributed by atoms with van der Waals surface area (Å²) in [4.78, 5) is 12.3. The fourth-order valence-electron chi connectivity index (χ4n) is 2.81. The van der Waals surface area contributed by atoms with E-state index in [1.54, 1.807) is 13.0 Å². The molecule has 1 aliphatic carbocycles. The van der Waals surface area contributed by atoms with Gasteiger partial charge < -0.3 is 20.3 Å². The molecule has 0 aliphatic heterocycles. The van der Waals surface area contributed by atoms with Gasteiger partial charge in [0.05, 0.1) is 12.8 Å². The van der Waals surface area contributed by atoms with Gasteiger partial charge in [-0.2, -0.15) is 0 Å². The Balaban J connectivity index is 0.00000280. The van der Waals surface area contributed by atoms with Crippen molar-refractivity contribution in [1.82, 2.24) is 10.5 Å². The molecule has 1 fully saturated rings. The lowest BCUT2D eigenvalue weighted by molar-refractivity contribution is 0.0950. The number of halogens is 1. The van der Waals surface area contributed by atoms with Gasteiger partial charge in [-0.3, -0.25) is 4.79 Å². The zero-order chi connectivity index (χ0) is 19.6. The van der Waals surface area contributed by atoms with Crippen LogP contribution >= 0.6 is 12.4 Å². The molecule has 1 aliphatic rings. The van der Waals surface area contributed by atoms with Crippen LogP contribution in [0.4, 0.5) is 0 Å². The van der Waals surface area contributed by atoms with Crippen molar-refractivity contribution in [2.75, 3.05) is 13.7 Å². The number of nitrogens with zero attached hydrogens (tertiary/aromatic N) is 1. The van der Waals surface area contributed by atoms with Crippen LogP contribution in [0.25, 0.3) is 0 Å². The number of rotatable bonds is 8. The van der Waals surface area contributed by atoms with Crippen molar-refractivity contribution in [1.29, 1.82) is 0 Å². The number of hydrogen-bond acceptors (Lipinski definition) is 7. The van der Waals surface area contributed by atoms with Crippen LogP contribution in [0.3, 0.4) is 0 Å². The lowest BCUT2D eigenvalue weighted by Gasteiger charge is -2.13. The summed E-state index contributed by atoms with van der Waals surface area (Å²) in [6, 6.07) is 5.78. The van der Waals surface area contributed by atoms with Crippen molar-refractivity contribution in [2.45, 2.75) is 36.5 Å². The average molecular weight is 430 g/mol. The summed E-state index contributed by atoms with van der Waals surface area (Å²) < 4.78 is 35.8. The minimum Gasteiger partial charge on any atom is -0.495 e. The third-order valence-electron chi connectivity index (χ3n) is 4.50. The number of nitrogens with two attached hydrogens (primary N) is 1. The summed E-state index contributed by atoms with van der Waals surface area (Å²) in [7, 11) is -2.42. The smallest absolute Gasteiger partial charge is 0.251 e. The van der Waals surface area contributed by atoms with Gasteiger partial charge in [0, 0.05) is 24.2 Å². The van der Waals surface area contributed by atoms with Crippen molar-refractivity contribution in [3.8, 4) is 5.75 Å². The summed E-state index contributed by atoms with van der Waals surface area (Å²) in [5.74, 6) is 0.0995. The second-order valence-electron chi connectivity index (χ2n) is 6.77. The van der Waals surface area contributed by atoms with Crippen molar-refractivity contribution in [3.05, 3.63) is 41.3 Å². The molecular formula is C18H24ClN3O5S. The molecule has 0 saturated heterocycles. The molecule has 1 atom stereocenters. The molecule has 3 N–H and O–H groups in total. The quantitative estimate of drug-likeness (QED) is 0.655. The van der Waals surface area contributed by atoms with Gasteiger partial charge in [0.25, 0.3) is 5.91 Å². The number of hydrogen-bond donors (Lipinski definition) is 2. The largest absolute Gasteiger partial charge is 0.495 e. The Morgan fingerprint density at radius 3 is 2.68 bits per heavy atom. The number of aryl methyl sites for hydroxylation is 1. The Morgan fingerprint density at radius 1 is 1.39 bits per heavy atom. The molecule has 1 unspecified atom stereocenters. The van der Waals surface area contributed by atoms with Crippen LogP contribution in [0.5, 0.6) is 5.75 Å². The highest BCUT2D eigenvalue weighted by Crippen LogP contribution is 2.31.